The monoisotopic (exact) mass is 310 g/mol. The third-order valence-corrected chi connectivity index (χ3v) is 2.99. The molecule has 9 N–H and O–H groups in total. The van der Waals surface area contributed by atoms with Crippen LogP contribution in [0, 0.1) is 0 Å². The molecular weight excluding hydrogens is 284 g/mol. The van der Waals surface area contributed by atoms with Crippen LogP contribution in [0.4, 0.5) is 0 Å². The first-order valence-electron chi connectivity index (χ1n) is 6.80. The van der Waals surface area contributed by atoms with Crippen molar-refractivity contribution >= 4 is 5.97 Å². The van der Waals surface area contributed by atoms with Gasteiger partial charge in [0.15, 0.2) is 0 Å². The summed E-state index contributed by atoms with van der Waals surface area (Å²) in [6.45, 7) is -0.867. The van der Waals surface area contributed by atoms with Crippen LogP contribution in [0.5, 0.6) is 0 Å². The third-order valence-electron chi connectivity index (χ3n) is 2.99. The number of unbranched alkanes of at least 4 members (excludes halogenated alkanes) is 1. The van der Waals surface area contributed by atoms with E-state index in [1.807, 2.05) is 0 Å². The highest BCUT2D eigenvalue weighted by atomic mass is 16.5. The second kappa shape index (κ2) is 10.9. The number of carbonyl (C=O) groups excluding carboxylic acids is 1. The highest BCUT2D eigenvalue weighted by Gasteiger charge is 2.31. The number of nitrogens with two attached hydrogens (primary N) is 2. The number of carbonyl (C=O) groups is 1. The second-order valence-electron chi connectivity index (χ2n) is 4.82. The predicted molar refractivity (Wildman–Crippen MR) is 73.0 cm³/mol. The first-order chi connectivity index (χ1) is 9.84. The van der Waals surface area contributed by atoms with Crippen molar-refractivity contribution in [1.82, 2.24) is 0 Å². The quantitative estimate of drug-likeness (QED) is 0.150. The fraction of sp³-hybridized carbons (Fsp3) is 0.917. The molecule has 0 saturated heterocycles. The Morgan fingerprint density at radius 1 is 1.05 bits per heavy atom. The van der Waals surface area contributed by atoms with Crippen LogP contribution in [0.1, 0.15) is 19.3 Å². The summed E-state index contributed by atoms with van der Waals surface area (Å²) in [4.78, 5) is 11.5. The van der Waals surface area contributed by atoms with E-state index in [1.54, 1.807) is 0 Å². The lowest BCUT2D eigenvalue weighted by atomic mass is 10.0. The van der Waals surface area contributed by atoms with Gasteiger partial charge in [-0.2, -0.15) is 0 Å². The summed E-state index contributed by atoms with van der Waals surface area (Å²) in [5.41, 5.74) is 10.9. The summed E-state index contributed by atoms with van der Waals surface area (Å²) in [5, 5.41) is 46.2. The van der Waals surface area contributed by atoms with Gasteiger partial charge in [0.1, 0.15) is 37.1 Å². The molecule has 21 heavy (non-hydrogen) atoms. The maximum Gasteiger partial charge on any atom is 0.323 e. The first-order valence-corrected chi connectivity index (χ1v) is 6.80. The largest absolute Gasteiger partial charge is 0.462 e. The van der Waals surface area contributed by atoms with Gasteiger partial charge in [-0.3, -0.25) is 4.79 Å². The molecular formula is C12H26N2O7. The molecule has 0 radical (unpaired) electrons. The van der Waals surface area contributed by atoms with E-state index in [9.17, 15) is 20.1 Å². The molecule has 0 heterocycles. The van der Waals surface area contributed by atoms with E-state index in [0.29, 0.717) is 19.4 Å². The molecule has 0 amide bonds. The van der Waals surface area contributed by atoms with Crippen LogP contribution >= 0.6 is 0 Å². The number of aliphatic hydroxyl groups is 5. The Hall–Kier alpha value is -0.810. The van der Waals surface area contributed by atoms with Gasteiger partial charge in [-0.05, 0) is 19.4 Å². The van der Waals surface area contributed by atoms with E-state index in [2.05, 4.69) is 0 Å². The van der Waals surface area contributed by atoms with Gasteiger partial charge < -0.3 is 41.7 Å². The highest BCUT2D eigenvalue weighted by Crippen LogP contribution is 2.07. The minimum absolute atomic E-state index is 0.389. The highest BCUT2D eigenvalue weighted by molar-refractivity contribution is 5.75. The lowest BCUT2D eigenvalue weighted by Crippen LogP contribution is -2.48. The first kappa shape index (κ1) is 20.2. The van der Waals surface area contributed by atoms with E-state index in [-0.39, 0.29) is 0 Å². The van der Waals surface area contributed by atoms with Crippen LogP contribution in [-0.4, -0.2) is 81.7 Å². The van der Waals surface area contributed by atoms with Crippen molar-refractivity contribution in [3.8, 4) is 0 Å². The van der Waals surface area contributed by atoms with Crippen LogP contribution in [0.25, 0.3) is 0 Å². The molecule has 0 fully saturated rings. The molecule has 0 aliphatic heterocycles. The molecule has 0 aliphatic rings. The molecule has 0 aromatic heterocycles. The Kier molecular flexibility index (Phi) is 10.4. The predicted octanol–water partition coefficient (Wildman–Crippen LogP) is -3.58. The number of aliphatic hydroxyl groups excluding tert-OH is 5. The van der Waals surface area contributed by atoms with Gasteiger partial charge in [0, 0.05) is 0 Å². The summed E-state index contributed by atoms with van der Waals surface area (Å²) in [6, 6.07) is -0.853. The number of hydrogen-bond acceptors (Lipinski definition) is 9. The summed E-state index contributed by atoms with van der Waals surface area (Å²) in [7, 11) is 0. The van der Waals surface area contributed by atoms with Gasteiger partial charge in [0.2, 0.25) is 0 Å². The summed E-state index contributed by atoms with van der Waals surface area (Å²) < 4.78 is 4.72. The van der Waals surface area contributed by atoms with Gasteiger partial charge in [0.05, 0.1) is 6.61 Å². The molecule has 126 valence electrons. The number of esters is 1. The van der Waals surface area contributed by atoms with Crippen molar-refractivity contribution in [3.63, 3.8) is 0 Å². The van der Waals surface area contributed by atoms with E-state index < -0.39 is 49.6 Å². The fourth-order valence-electron chi connectivity index (χ4n) is 1.56. The zero-order valence-electron chi connectivity index (χ0n) is 11.8. The third kappa shape index (κ3) is 7.67. The zero-order valence-corrected chi connectivity index (χ0v) is 11.8. The molecule has 0 unspecified atom stereocenters. The summed E-state index contributed by atoms with van der Waals surface area (Å²) in [6.07, 6.45) is -4.96. The Bertz CT molecular complexity index is 293. The number of ether oxygens (including phenoxy) is 1. The van der Waals surface area contributed by atoms with Crippen molar-refractivity contribution in [3.05, 3.63) is 0 Å². The topological polar surface area (TPSA) is 179 Å². The molecule has 0 saturated carbocycles. The second-order valence-corrected chi connectivity index (χ2v) is 4.82. The van der Waals surface area contributed by atoms with Crippen molar-refractivity contribution in [2.75, 3.05) is 19.8 Å². The standard InChI is InChI=1S/C12H26N2O7/c13-4-2-1-3-7(14)12(20)21-6-9(17)11(19)10(18)8(16)5-15/h7-11,15-19H,1-6,13-14H2/t7-,8+,9-,10+,11+/m0/s1. The lowest BCUT2D eigenvalue weighted by molar-refractivity contribution is -0.157. The minimum Gasteiger partial charge on any atom is -0.462 e. The fourth-order valence-corrected chi connectivity index (χ4v) is 1.56. The molecule has 0 spiro atoms. The van der Waals surface area contributed by atoms with Gasteiger partial charge in [0.25, 0.3) is 0 Å². The Labute approximate surface area is 123 Å². The Balaban J connectivity index is 4.10. The van der Waals surface area contributed by atoms with Crippen LogP contribution < -0.4 is 11.5 Å². The Morgan fingerprint density at radius 3 is 2.14 bits per heavy atom. The lowest BCUT2D eigenvalue weighted by Gasteiger charge is -2.25. The van der Waals surface area contributed by atoms with Crippen molar-refractivity contribution in [2.45, 2.75) is 49.7 Å². The average molecular weight is 310 g/mol. The van der Waals surface area contributed by atoms with Crippen LogP contribution in [0.2, 0.25) is 0 Å². The summed E-state index contributed by atoms with van der Waals surface area (Å²) >= 11 is 0. The normalized spacial score (nSPS) is 18.6. The van der Waals surface area contributed by atoms with E-state index >= 15 is 0 Å². The van der Waals surface area contributed by atoms with Crippen molar-refractivity contribution in [2.24, 2.45) is 11.5 Å². The maximum atomic E-state index is 11.5. The van der Waals surface area contributed by atoms with Crippen molar-refractivity contribution in [1.29, 1.82) is 0 Å². The van der Waals surface area contributed by atoms with E-state index in [1.165, 1.54) is 0 Å². The molecule has 0 aliphatic carbocycles. The minimum atomic E-state index is -1.77. The van der Waals surface area contributed by atoms with Crippen molar-refractivity contribution < 1.29 is 35.1 Å². The molecule has 0 bridgehead atoms. The van der Waals surface area contributed by atoms with E-state index in [4.69, 9.17) is 26.4 Å². The molecule has 0 rings (SSSR count). The Morgan fingerprint density at radius 2 is 1.62 bits per heavy atom. The molecule has 9 heteroatoms. The zero-order chi connectivity index (χ0) is 16.4. The molecule has 5 atom stereocenters. The summed E-state index contributed by atoms with van der Waals surface area (Å²) in [5.74, 6) is -0.740. The van der Waals surface area contributed by atoms with Crippen LogP contribution in [0.15, 0.2) is 0 Å². The molecule has 0 aromatic carbocycles. The van der Waals surface area contributed by atoms with Gasteiger partial charge in [-0.15, -0.1) is 0 Å². The number of rotatable bonds is 11. The van der Waals surface area contributed by atoms with E-state index in [0.717, 1.165) is 6.42 Å². The smallest absolute Gasteiger partial charge is 0.323 e. The molecule has 0 aromatic rings. The number of hydrogen-bond donors (Lipinski definition) is 7. The van der Waals surface area contributed by atoms with Crippen LogP contribution in [0.3, 0.4) is 0 Å². The van der Waals surface area contributed by atoms with Gasteiger partial charge in [-0.25, -0.2) is 0 Å². The maximum absolute atomic E-state index is 11.5. The van der Waals surface area contributed by atoms with Gasteiger partial charge in [-0.1, -0.05) is 6.42 Å². The van der Waals surface area contributed by atoms with Gasteiger partial charge >= 0.3 is 5.97 Å². The molecule has 9 nitrogen and oxygen atoms in total. The average Bonchev–Trinajstić information content (AvgIpc) is 2.49. The van der Waals surface area contributed by atoms with Crippen LogP contribution in [-0.2, 0) is 9.53 Å². The SMILES string of the molecule is NCCCC[C@H](N)C(=O)OC[C@H](O)[C@@H](O)[C@H](O)[C@H](O)CO.